The molecule has 25 heavy (non-hydrogen) atoms. The zero-order valence-corrected chi connectivity index (χ0v) is 15.5. The molecule has 2 aromatic rings. The number of carbonyl (C=O) groups is 1. The van der Waals surface area contributed by atoms with Gasteiger partial charge in [0.1, 0.15) is 5.75 Å². The minimum absolute atomic E-state index is 0.107. The van der Waals surface area contributed by atoms with Crippen LogP contribution in [-0.2, 0) is 14.8 Å². The third kappa shape index (κ3) is 3.57. The summed E-state index contributed by atoms with van der Waals surface area (Å²) in [4.78, 5) is 12.9. The van der Waals surface area contributed by atoms with Crippen LogP contribution in [0, 0.1) is 0 Å². The molecular weight excluding hydrogens is 340 g/mol. The van der Waals surface area contributed by atoms with Crippen molar-refractivity contribution in [2.45, 2.75) is 32.1 Å². The summed E-state index contributed by atoms with van der Waals surface area (Å²) in [5.74, 6) is 0.849. The molecule has 0 unspecified atom stereocenters. The summed E-state index contributed by atoms with van der Waals surface area (Å²) in [5, 5.41) is 0.855. The monoisotopic (exact) mass is 364 g/mol. The molecule has 1 aromatic heterocycles. The maximum Gasteiger partial charge on any atom is 0.298 e. The van der Waals surface area contributed by atoms with Crippen LogP contribution in [0.4, 0.5) is 0 Å². The topological polar surface area (TPSA) is 68.6 Å². The zero-order valence-electron chi connectivity index (χ0n) is 14.6. The van der Waals surface area contributed by atoms with Crippen molar-refractivity contribution in [3.8, 4) is 5.75 Å². The summed E-state index contributed by atoms with van der Waals surface area (Å²) in [7, 11) is -1.30. The van der Waals surface area contributed by atoms with Gasteiger partial charge in [0, 0.05) is 11.6 Å². The van der Waals surface area contributed by atoms with Crippen LogP contribution in [0.25, 0.3) is 10.9 Å². The average Bonchev–Trinajstić information content (AvgIpc) is 2.96. The van der Waals surface area contributed by atoms with Crippen LogP contribution in [-0.4, -0.2) is 49.7 Å². The summed E-state index contributed by atoms with van der Waals surface area (Å²) in [6.45, 7) is 4.23. The number of ether oxygens (including phenoxy) is 1. The standard InChI is InChI=1S/C18H24N2O4S/c1-3-10-25(22,23)20-12-17(14-6-8-19(2)9-7-14)16-11-15(24-13-21)4-5-18(16)20/h4-5,11-14H,3,6-10H2,1-2H3. The number of fused-ring (bicyclic) bond motifs is 1. The van der Waals surface area contributed by atoms with Crippen LogP contribution < -0.4 is 4.74 Å². The van der Waals surface area contributed by atoms with Crippen molar-refractivity contribution in [3.05, 3.63) is 30.0 Å². The molecule has 1 aliphatic heterocycles. The average molecular weight is 364 g/mol. The van der Waals surface area contributed by atoms with Crippen LogP contribution in [0.2, 0.25) is 0 Å². The number of hydrogen-bond acceptors (Lipinski definition) is 5. The molecule has 3 rings (SSSR count). The number of likely N-dealkylation sites (tertiary alicyclic amines) is 1. The molecule has 0 radical (unpaired) electrons. The summed E-state index contributed by atoms with van der Waals surface area (Å²) < 4.78 is 31.7. The van der Waals surface area contributed by atoms with Gasteiger partial charge in [-0.15, -0.1) is 0 Å². The van der Waals surface area contributed by atoms with E-state index in [1.54, 1.807) is 24.4 Å². The normalized spacial score (nSPS) is 17.0. The molecule has 0 atom stereocenters. The highest BCUT2D eigenvalue weighted by atomic mass is 32.2. The van der Waals surface area contributed by atoms with E-state index in [-0.39, 0.29) is 5.75 Å². The Morgan fingerprint density at radius 1 is 1.28 bits per heavy atom. The number of carbonyl (C=O) groups excluding carboxylic acids is 1. The van der Waals surface area contributed by atoms with Gasteiger partial charge >= 0.3 is 0 Å². The molecule has 1 fully saturated rings. The Morgan fingerprint density at radius 2 is 2.00 bits per heavy atom. The minimum Gasteiger partial charge on any atom is -0.429 e. The summed E-state index contributed by atoms with van der Waals surface area (Å²) in [5.41, 5.74) is 1.68. The van der Waals surface area contributed by atoms with Crippen LogP contribution in [0.3, 0.4) is 0 Å². The van der Waals surface area contributed by atoms with Gasteiger partial charge in [-0.3, -0.25) is 4.79 Å². The Bertz CT molecular complexity index is 865. The molecule has 136 valence electrons. The second-order valence-electron chi connectivity index (χ2n) is 6.67. The number of hydrogen-bond donors (Lipinski definition) is 0. The Morgan fingerprint density at radius 3 is 2.64 bits per heavy atom. The van der Waals surface area contributed by atoms with E-state index in [9.17, 15) is 13.2 Å². The van der Waals surface area contributed by atoms with Crippen molar-refractivity contribution in [2.75, 3.05) is 25.9 Å². The Balaban J connectivity index is 2.13. The molecule has 7 heteroatoms. The molecule has 0 aliphatic carbocycles. The first-order chi connectivity index (χ1) is 12.0. The summed E-state index contributed by atoms with van der Waals surface area (Å²) >= 11 is 0. The fourth-order valence-electron chi connectivity index (χ4n) is 3.56. The van der Waals surface area contributed by atoms with E-state index >= 15 is 0 Å². The van der Waals surface area contributed by atoms with Gasteiger partial charge in [-0.2, -0.15) is 0 Å². The molecule has 0 saturated carbocycles. The van der Waals surface area contributed by atoms with Gasteiger partial charge in [0.15, 0.2) is 0 Å². The lowest BCUT2D eigenvalue weighted by atomic mass is 9.89. The van der Waals surface area contributed by atoms with Crippen LogP contribution in [0.1, 0.15) is 37.7 Å². The minimum atomic E-state index is -3.39. The highest BCUT2D eigenvalue weighted by molar-refractivity contribution is 7.90. The van der Waals surface area contributed by atoms with Crippen LogP contribution in [0.5, 0.6) is 5.75 Å². The quantitative estimate of drug-likeness (QED) is 0.737. The third-order valence-electron chi connectivity index (χ3n) is 4.88. The fraction of sp³-hybridized carbons (Fsp3) is 0.500. The lowest BCUT2D eigenvalue weighted by Gasteiger charge is -2.28. The SMILES string of the molecule is CCCS(=O)(=O)n1cc(C2CCN(C)CC2)c2cc(OC=O)ccc21. The van der Waals surface area contributed by atoms with E-state index in [1.807, 2.05) is 6.92 Å². The van der Waals surface area contributed by atoms with Gasteiger partial charge in [-0.25, -0.2) is 12.4 Å². The van der Waals surface area contributed by atoms with E-state index < -0.39 is 10.0 Å². The summed E-state index contributed by atoms with van der Waals surface area (Å²) in [6, 6.07) is 5.13. The van der Waals surface area contributed by atoms with E-state index in [0.717, 1.165) is 36.9 Å². The summed E-state index contributed by atoms with van der Waals surface area (Å²) in [6.07, 6.45) is 4.32. The lowest BCUT2D eigenvalue weighted by molar-refractivity contribution is -0.120. The molecule has 1 aliphatic rings. The predicted molar refractivity (Wildman–Crippen MR) is 97.6 cm³/mol. The highest BCUT2D eigenvalue weighted by Gasteiger charge is 2.25. The number of benzene rings is 1. The van der Waals surface area contributed by atoms with E-state index in [1.165, 1.54) is 3.97 Å². The molecule has 1 saturated heterocycles. The fourth-order valence-corrected chi connectivity index (χ4v) is 5.01. The molecule has 6 nitrogen and oxygen atoms in total. The van der Waals surface area contributed by atoms with Gasteiger partial charge < -0.3 is 9.64 Å². The van der Waals surface area contributed by atoms with Crippen molar-refractivity contribution in [1.82, 2.24) is 8.87 Å². The van der Waals surface area contributed by atoms with Gasteiger partial charge in [0.05, 0.1) is 11.3 Å². The first kappa shape index (κ1) is 17.9. The van der Waals surface area contributed by atoms with E-state index in [0.29, 0.717) is 30.1 Å². The number of nitrogens with zero attached hydrogens (tertiary/aromatic N) is 2. The van der Waals surface area contributed by atoms with Gasteiger partial charge in [-0.1, -0.05) is 6.92 Å². The number of rotatable bonds is 6. The molecule has 0 N–H and O–H groups in total. The molecule has 0 bridgehead atoms. The molecule has 0 spiro atoms. The highest BCUT2D eigenvalue weighted by Crippen LogP contribution is 2.36. The van der Waals surface area contributed by atoms with Gasteiger partial charge in [-0.05, 0) is 69.1 Å². The first-order valence-corrected chi connectivity index (χ1v) is 10.2. The predicted octanol–water partition coefficient (Wildman–Crippen LogP) is 2.57. The largest absolute Gasteiger partial charge is 0.429 e. The van der Waals surface area contributed by atoms with Crippen molar-refractivity contribution < 1.29 is 17.9 Å². The van der Waals surface area contributed by atoms with Crippen molar-refractivity contribution >= 4 is 27.4 Å². The number of aromatic nitrogens is 1. The Kier molecular flexibility index (Phi) is 5.15. The smallest absolute Gasteiger partial charge is 0.298 e. The van der Waals surface area contributed by atoms with Crippen LogP contribution >= 0.6 is 0 Å². The van der Waals surface area contributed by atoms with Crippen molar-refractivity contribution in [3.63, 3.8) is 0 Å². The third-order valence-corrected chi connectivity index (χ3v) is 6.70. The van der Waals surface area contributed by atoms with E-state index in [4.69, 9.17) is 4.74 Å². The second kappa shape index (κ2) is 7.17. The Labute approximate surface area is 148 Å². The molecule has 1 aromatic carbocycles. The second-order valence-corrected chi connectivity index (χ2v) is 8.63. The Hall–Kier alpha value is -1.86. The van der Waals surface area contributed by atoms with Crippen molar-refractivity contribution in [2.24, 2.45) is 0 Å². The lowest BCUT2D eigenvalue weighted by Crippen LogP contribution is -2.29. The van der Waals surface area contributed by atoms with Gasteiger partial charge in [0.25, 0.3) is 6.47 Å². The first-order valence-electron chi connectivity index (χ1n) is 8.63. The molecule has 0 amide bonds. The van der Waals surface area contributed by atoms with Crippen LogP contribution in [0.15, 0.2) is 24.4 Å². The maximum absolute atomic E-state index is 12.7. The molecule has 2 heterocycles. The van der Waals surface area contributed by atoms with Crippen molar-refractivity contribution in [1.29, 1.82) is 0 Å². The number of piperidine rings is 1. The zero-order chi connectivity index (χ0) is 18.0. The molecular formula is C18H24N2O4S. The van der Waals surface area contributed by atoms with Gasteiger partial charge in [0.2, 0.25) is 10.0 Å². The van der Waals surface area contributed by atoms with E-state index in [2.05, 4.69) is 11.9 Å². The maximum atomic E-state index is 12.7.